The summed E-state index contributed by atoms with van der Waals surface area (Å²) in [5.74, 6) is -0.0133. The molecule has 0 aliphatic carbocycles. The molecule has 1 amide bonds. The Morgan fingerprint density at radius 2 is 2.06 bits per heavy atom. The van der Waals surface area contributed by atoms with E-state index in [0.29, 0.717) is 6.54 Å². The molecular weight excluding hydrogens is 252 g/mol. The van der Waals surface area contributed by atoms with Crippen molar-refractivity contribution in [2.45, 2.75) is 40.2 Å². The van der Waals surface area contributed by atoms with Gasteiger partial charge in [0.2, 0.25) is 5.91 Å². The van der Waals surface area contributed by atoms with Gasteiger partial charge in [-0.25, -0.2) is 0 Å². The first-order chi connectivity index (χ1) is 8.11. The summed E-state index contributed by atoms with van der Waals surface area (Å²) in [4.78, 5) is 12.2. The number of aryl methyl sites for hydroxylation is 1. The monoisotopic (exact) mass is 274 g/mol. The minimum absolute atomic E-state index is 0. The molecule has 0 fully saturated rings. The van der Waals surface area contributed by atoms with E-state index in [1.165, 1.54) is 0 Å². The Hall–Kier alpha value is -1.07. The first kappa shape index (κ1) is 16.9. The number of nitrogens with one attached hydrogen (secondary N) is 1. The first-order valence-corrected chi connectivity index (χ1v) is 6.15. The molecular formula is C12H23ClN4O. The van der Waals surface area contributed by atoms with Crippen molar-refractivity contribution < 1.29 is 4.79 Å². The Morgan fingerprint density at radius 3 is 2.44 bits per heavy atom. The molecule has 1 rings (SSSR count). The molecule has 0 bridgehead atoms. The topological polar surface area (TPSA) is 72.9 Å². The highest BCUT2D eigenvalue weighted by Crippen LogP contribution is 2.26. The van der Waals surface area contributed by atoms with E-state index >= 15 is 0 Å². The zero-order chi connectivity index (χ0) is 12.9. The lowest BCUT2D eigenvalue weighted by Crippen LogP contribution is -2.41. The minimum Gasteiger partial charge on any atom is -0.329 e. The molecule has 0 unspecified atom stereocenters. The van der Waals surface area contributed by atoms with Gasteiger partial charge < -0.3 is 11.1 Å². The molecule has 0 spiro atoms. The van der Waals surface area contributed by atoms with E-state index < -0.39 is 5.41 Å². The number of anilines is 1. The Bertz CT molecular complexity index is 366. The third kappa shape index (κ3) is 3.46. The van der Waals surface area contributed by atoms with E-state index in [1.54, 1.807) is 10.9 Å². The van der Waals surface area contributed by atoms with Crippen molar-refractivity contribution >= 4 is 24.0 Å². The predicted octanol–water partition coefficient (Wildman–Crippen LogP) is 2.03. The highest BCUT2D eigenvalue weighted by atomic mass is 35.5. The summed E-state index contributed by atoms with van der Waals surface area (Å²) in [6.07, 6.45) is 4.97. The molecule has 104 valence electrons. The second kappa shape index (κ2) is 7.38. The summed E-state index contributed by atoms with van der Waals surface area (Å²) in [5.41, 5.74) is 6.00. The number of amides is 1. The highest BCUT2D eigenvalue weighted by Gasteiger charge is 2.33. The van der Waals surface area contributed by atoms with Crippen molar-refractivity contribution in [3.63, 3.8) is 0 Å². The molecule has 0 radical (unpaired) electrons. The SMILES string of the molecule is CCn1cc(NC(=O)C(CC)(CC)CN)cn1.Cl. The van der Waals surface area contributed by atoms with Crippen molar-refractivity contribution in [2.75, 3.05) is 11.9 Å². The average molecular weight is 275 g/mol. The van der Waals surface area contributed by atoms with Crippen LogP contribution in [0.2, 0.25) is 0 Å². The summed E-state index contributed by atoms with van der Waals surface area (Å²) in [5, 5.41) is 7.01. The minimum atomic E-state index is -0.464. The molecule has 0 aliphatic rings. The number of hydrogen-bond acceptors (Lipinski definition) is 3. The molecule has 1 heterocycles. The van der Waals surface area contributed by atoms with Crippen molar-refractivity contribution in [3.8, 4) is 0 Å². The second-order valence-corrected chi connectivity index (χ2v) is 4.23. The Balaban J connectivity index is 0.00000289. The van der Waals surface area contributed by atoms with Crippen LogP contribution in [0.25, 0.3) is 0 Å². The zero-order valence-corrected chi connectivity index (χ0v) is 12.1. The molecule has 3 N–H and O–H groups in total. The summed E-state index contributed by atoms with van der Waals surface area (Å²) < 4.78 is 1.78. The van der Waals surface area contributed by atoms with Gasteiger partial charge in [-0.2, -0.15) is 5.10 Å². The van der Waals surface area contributed by atoms with E-state index in [9.17, 15) is 4.79 Å². The molecule has 1 aromatic heterocycles. The first-order valence-electron chi connectivity index (χ1n) is 6.15. The van der Waals surface area contributed by atoms with Gasteiger partial charge in [-0.05, 0) is 19.8 Å². The number of carbonyl (C=O) groups is 1. The maximum absolute atomic E-state index is 12.2. The van der Waals surface area contributed by atoms with Crippen molar-refractivity contribution in [2.24, 2.45) is 11.1 Å². The number of nitrogens with two attached hydrogens (primary N) is 1. The quantitative estimate of drug-likeness (QED) is 0.834. The average Bonchev–Trinajstić information content (AvgIpc) is 2.80. The lowest BCUT2D eigenvalue weighted by atomic mass is 9.81. The van der Waals surface area contributed by atoms with Gasteiger partial charge in [0.15, 0.2) is 0 Å². The predicted molar refractivity (Wildman–Crippen MR) is 75.8 cm³/mol. The van der Waals surface area contributed by atoms with E-state index in [1.807, 2.05) is 27.0 Å². The largest absolute Gasteiger partial charge is 0.329 e. The summed E-state index contributed by atoms with van der Waals surface area (Å²) in [6, 6.07) is 0. The van der Waals surface area contributed by atoms with Crippen LogP contribution in [0.5, 0.6) is 0 Å². The molecule has 0 atom stereocenters. The number of aromatic nitrogens is 2. The summed E-state index contributed by atoms with van der Waals surface area (Å²) in [6.45, 7) is 7.14. The van der Waals surface area contributed by atoms with Crippen LogP contribution in [-0.2, 0) is 11.3 Å². The smallest absolute Gasteiger partial charge is 0.231 e. The fourth-order valence-electron chi connectivity index (χ4n) is 1.82. The van der Waals surface area contributed by atoms with Gasteiger partial charge in [-0.15, -0.1) is 12.4 Å². The fraction of sp³-hybridized carbons (Fsp3) is 0.667. The highest BCUT2D eigenvalue weighted by molar-refractivity contribution is 5.95. The normalized spacial score (nSPS) is 10.9. The van der Waals surface area contributed by atoms with Crippen LogP contribution in [-0.4, -0.2) is 22.2 Å². The van der Waals surface area contributed by atoms with Gasteiger partial charge >= 0.3 is 0 Å². The van der Waals surface area contributed by atoms with Crippen LogP contribution >= 0.6 is 12.4 Å². The summed E-state index contributed by atoms with van der Waals surface area (Å²) >= 11 is 0. The molecule has 0 saturated heterocycles. The van der Waals surface area contributed by atoms with Crippen molar-refractivity contribution in [3.05, 3.63) is 12.4 Å². The number of halogens is 1. The lowest BCUT2D eigenvalue weighted by Gasteiger charge is -2.28. The van der Waals surface area contributed by atoms with Crippen LogP contribution in [0.4, 0.5) is 5.69 Å². The van der Waals surface area contributed by atoms with E-state index in [0.717, 1.165) is 25.1 Å². The van der Waals surface area contributed by atoms with Crippen molar-refractivity contribution in [1.29, 1.82) is 0 Å². The molecule has 0 aliphatic heterocycles. The lowest BCUT2D eigenvalue weighted by molar-refractivity contribution is -0.125. The third-order valence-electron chi connectivity index (χ3n) is 3.44. The summed E-state index contributed by atoms with van der Waals surface area (Å²) in [7, 11) is 0. The molecule has 0 aromatic carbocycles. The molecule has 18 heavy (non-hydrogen) atoms. The van der Waals surface area contributed by atoms with Gasteiger partial charge in [-0.1, -0.05) is 13.8 Å². The Morgan fingerprint density at radius 1 is 1.44 bits per heavy atom. The molecule has 5 nitrogen and oxygen atoms in total. The van der Waals surface area contributed by atoms with E-state index in [2.05, 4.69) is 10.4 Å². The number of nitrogens with zero attached hydrogens (tertiary/aromatic N) is 2. The third-order valence-corrected chi connectivity index (χ3v) is 3.44. The van der Waals surface area contributed by atoms with E-state index in [4.69, 9.17) is 5.73 Å². The molecule has 6 heteroatoms. The number of carbonyl (C=O) groups excluding carboxylic acids is 1. The van der Waals surface area contributed by atoms with Gasteiger partial charge in [0.05, 0.1) is 17.3 Å². The number of hydrogen-bond donors (Lipinski definition) is 2. The van der Waals surface area contributed by atoms with Crippen molar-refractivity contribution in [1.82, 2.24) is 9.78 Å². The maximum Gasteiger partial charge on any atom is 0.231 e. The Kier molecular flexibility index (Phi) is 6.94. The second-order valence-electron chi connectivity index (χ2n) is 4.23. The van der Waals surface area contributed by atoms with E-state index in [-0.39, 0.29) is 18.3 Å². The maximum atomic E-state index is 12.2. The fourth-order valence-corrected chi connectivity index (χ4v) is 1.82. The Labute approximate surface area is 115 Å². The van der Waals surface area contributed by atoms with Gasteiger partial charge in [0.25, 0.3) is 0 Å². The van der Waals surface area contributed by atoms with Gasteiger partial charge in [-0.3, -0.25) is 9.48 Å². The van der Waals surface area contributed by atoms with Crippen LogP contribution in [0.3, 0.4) is 0 Å². The molecule has 0 saturated carbocycles. The van der Waals surface area contributed by atoms with Crippen LogP contribution in [0.1, 0.15) is 33.6 Å². The van der Waals surface area contributed by atoms with Crippen LogP contribution in [0.15, 0.2) is 12.4 Å². The van der Waals surface area contributed by atoms with Gasteiger partial charge in [0.1, 0.15) is 0 Å². The molecule has 1 aromatic rings. The standard InChI is InChI=1S/C12H22N4O.ClH/c1-4-12(5-2,9-13)11(17)15-10-7-14-16(6-3)8-10;/h7-8H,4-6,9,13H2,1-3H3,(H,15,17);1H. The number of rotatable bonds is 6. The van der Waals surface area contributed by atoms with Crippen LogP contribution in [0, 0.1) is 5.41 Å². The van der Waals surface area contributed by atoms with Crippen LogP contribution < -0.4 is 11.1 Å². The zero-order valence-electron chi connectivity index (χ0n) is 11.3. The van der Waals surface area contributed by atoms with Gasteiger partial charge in [0, 0.05) is 19.3 Å².